The lowest BCUT2D eigenvalue weighted by atomic mass is 9.81. The average Bonchev–Trinajstić information content (AvgIpc) is 1.47. The molecule has 21 nitrogen and oxygen atoms in total. The summed E-state index contributed by atoms with van der Waals surface area (Å²) in [4.78, 5) is 63.8. The minimum Gasteiger partial charge on any atom is -0.496 e. The average molecular weight is 1390 g/mol. The molecule has 3 spiro atoms. The van der Waals surface area contributed by atoms with E-state index in [1.54, 1.807) is 73.6 Å². The second-order valence-corrected chi connectivity index (χ2v) is 27.3. The van der Waals surface area contributed by atoms with Crippen LogP contribution in [-0.2, 0) is 40.6 Å². The quantitative estimate of drug-likeness (QED) is 0.142. The highest BCUT2D eigenvalue weighted by Gasteiger charge is 2.49. The molecule has 7 aliphatic heterocycles. The SMILES string of the molecule is CCc1ccc(C(=O)N2CCC3(CC2)Oc2cc(C(=O)N(C)C)ccc2-n2cccc23)cc1OC.Cn1ncc2c1-c1ccccc1OC21CCN(C(=O)c2cccnc2Oc2ccc(F)cc2)CC1.N#Cc1ccc2n1-c1ccccc1OC21CCN(C(=O)c2ccc(C3(O)COC3)cc2)CC1.[HH]. The van der Waals surface area contributed by atoms with Gasteiger partial charge in [-0.2, -0.15) is 10.4 Å². The number of halogens is 1. The molecule has 0 saturated carbocycles. The number of likely N-dealkylation sites (tertiary alicyclic amines) is 3. The molecule has 0 bridgehead atoms. The minimum atomic E-state index is -0.940. The molecule has 11 heterocycles. The van der Waals surface area contributed by atoms with E-state index in [0.717, 1.165) is 74.4 Å². The fourth-order valence-electron chi connectivity index (χ4n) is 15.3. The number of aliphatic hydroxyl groups is 1. The number of carbonyl (C=O) groups is 4. The van der Waals surface area contributed by atoms with Gasteiger partial charge < -0.3 is 57.7 Å². The van der Waals surface area contributed by atoms with Crippen LogP contribution in [-0.4, -0.2) is 146 Å². The van der Waals surface area contributed by atoms with Gasteiger partial charge in [-0.3, -0.25) is 28.4 Å². The predicted octanol–water partition coefficient (Wildman–Crippen LogP) is 12.5. The van der Waals surface area contributed by atoms with Crippen molar-refractivity contribution in [3.05, 3.63) is 250 Å². The smallest absolute Gasteiger partial charge is 0.259 e. The van der Waals surface area contributed by atoms with E-state index < -0.39 is 22.4 Å². The van der Waals surface area contributed by atoms with Gasteiger partial charge in [0.1, 0.15) is 63.1 Å². The zero-order valence-corrected chi connectivity index (χ0v) is 57.9. The summed E-state index contributed by atoms with van der Waals surface area (Å²) in [7, 11) is 7.06. The lowest BCUT2D eigenvalue weighted by Gasteiger charge is -2.45. The van der Waals surface area contributed by atoms with Crippen LogP contribution in [0.25, 0.3) is 22.6 Å². The maximum Gasteiger partial charge on any atom is 0.259 e. The first-order valence-electron chi connectivity index (χ1n) is 34.7. The van der Waals surface area contributed by atoms with E-state index in [4.69, 9.17) is 28.4 Å². The number of ether oxygens (including phenoxy) is 6. The molecule has 0 atom stereocenters. The summed E-state index contributed by atoms with van der Waals surface area (Å²) in [6.07, 6.45) is 10.2. The number of piperidine rings is 3. The van der Waals surface area contributed by atoms with Crippen molar-refractivity contribution in [1.29, 1.82) is 5.26 Å². The van der Waals surface area contributed by atoms with Crippen molar-refractivity contribution in [3.8, 4) is 63.3 Å². The molecule has 0 aliphatic carbocycles. The summed E-state index contributed by atoms with van der Waals surface area (Å²) in [5.74, 6) is 3.04. The maximum atomic E-state index is 13.5. The van der Waals surface area contributed by atoms with Gasteiger partial charge in [0.05, 0.1) is 55.0 Å². The summed E-state index contributed by atoms with van der Waals surface area (Å²) in [5, 5.41) is 24.6. The number of rotatable bonds is 9. The van der Waals surface area contributed by atoms with Gasteiger partial charge in [0.15, 0.2) is 11.2 Å². The van der Waals surface area contributed by atoms with Gasteiger partial charge >= 0.3 is 0 Å². The van der Waals surface area contributed by atoms with Crippen LogP contribution in [0, 0.1) is 17.1 Å². The highest BCUT2D eigenvalue weighted by atomic mass is 19.1. The first-order chi connectivity index (χ1) is 49.9. The third-order valence-electron chi connectivity index (χ3n) is 21.0. The van der Waals surface area contributed by atoms with Crippen molar-refractivity contribution in [1.82, 2.24) is 43.5 Å². The van der Waals surface area contributed by atoms with Crippen molar-refractivity contribution in [2.45, 2.75) is 74.3 Å². The van der Waals surface area contributed by atoms with Crippen LogP contribution in [0.15, 0.2) is 188 Å². The lowest BCUT2D eigenvalue weighted by Crippen LogP contribution is -2.50. The summed E-state index contributed by atoms with van der Waals surface area (Å²) in [5.41, 5.74) is 9.05. The molecular formula is C81H79FN10O11. The number of carbonyl (C=O) groups excluding carboxylic acids is 4. The molecule has 7 aliphatic rings. The Hall–Kier alpha value is -11.5. The fraction of sp³-hybridized carbons (Fsp3) is 0.296. The number of para-hydroxylation sites is 3. The van der Waals surface area contributed by atoms with E-state index in [-0.39, 0.29) is 50.0 Å². The first-order valence-corrected chi connectivity index (χ1v) is 34.7. The predicted molar refractivity (Wildman–Crippen MR) is 382 cm³/mol. The van der Waals surface area contributed by atoms with E-state index in [1.165, 1.54) is 24.3 Å². The lowest BCUT2D eigenvalue weighted by molar-refractivity contribution is -0.184. The largest absolute Gasteiger partial charge is 0.496 e. The number of nitrogens with zero attached hydrogens (tertiary/aromatic N) is 10. The molecular weight excluding hydrogens is 1310 g/mol. The van der Waals surface area contributed by atoms with Gasteiger partial charge in [-0.15, -0.1) is 0 Å². The minimum absolute atomic E-state index is 0. The molecule has 4 amide bonds. The van der Waals surface area contributed by atoms with Gasteiger partial charge in [0.25, 0.3) is 23.6 Å². The van der Waals surface area contributed by atoms with Crippen molar-refractivity contribution in [2.75, 3.05) is 73.7 Å². The Labute approximate surface area is 596 Å². The number of nitriles is 1. The Balaban J connectivity index is 0.000000131. The molecule has 4 aromatic heterocycles. The number of fused-ring (bicyclic) bond motifs is 12. The fourth-order valence-corrected chi connectivity index (χ4v) is 15.3. The van der Waals surface area contributed by atoms with Crippen LogP contribution in [0.5, 0.6) is 34.6 Å². The Morgan fingerprint density at radius 2 is 1.27 bits per heavy atom. The van der Waals surface area contributed by atoms with Gasteiger partial charge in [-0.1, -0.05) is 49.4 Å². The topological polar surface area (TPSA) is 221 Å². The van der Waals surface area contributed by atoms with Gasteiger partial charge in [-0.05, 0) is 145 Å². The third kappa shape index (κ3) is 12.2. The van der Waals surface area contributed by atoms with Crippen LogP contribution >= 0.6 is 0 Å². The molecule has 4 fully saturated rings. The van der Waals surface area contributed by atoms with E-state index in [9.17, 15) is 33.9 Å². The molecule has 22 heteroatoms. The maximum absolute atomic E-state index is 13.5. The molecule has 0 radical (unpaired) electrons. The normalized spacial score (nSPS) is 17.0. The van der Waals surface area contributed by atoms with Crippen LogP contribution in [0.3, 0.4) is 0 Å². The summed E-state index contributed by atoms with van der Waals surface area (Å²) >= 11 is 0. The number of aromatic nitrogens is 5. The van der Waals surface area contributed by atoms with Crippen LogP contribution in [0.1, 0.15) is 122 Å². The summed E-state index contributed by atoms with van der Waals surface area (Å²) in [6, 6.07) is 53.5. The monoisotopic (exact) mass is 1390 g/mol. The van der Waals surface area contributed by atoms with Crippen LogP contribution < -0.4 is 23.7 Å². The van der Waals surface area contributed by atoms with Crippen LogP contribution in [0.4, 0.5) is 4.39 Å². The molecule has 10 aromatic rings. The molecule has 526 valence electrons. The van der Waals surface area contributed by atoms with Crippen LogP contribution in [0.2, 0.25) is 0 Å². The molecule has 103 heavy (non-hydrogen) atoms. The Bertz CT molecular complexity index is 4960. The van der Waals surface area contributed by atoms with Gasteiger partial charge in [-0.25, -0.2) is 9.37 Å². The standard InChI is InChI=1S/C28H31N3O4.C27H23FN4O3.C26H23N3O4.H2/c1-5-19-8-9-21(17-23(19)34-4)27(33)30-15-12-28(13-16-30)25-7-6-14-31(25)22-11-10-20(18-24(22)35-28)26(32)29(2)3;1-31-24-20-5-2-3-7-23(20)35-27(22(24)17-30-31)12-15-32(16-13-27)26(33)21-6-4-14-29-25(21)34-19-10-8-18(28)9-11-19;27-15-20-9-10-23-26(33-22-4-2-1-3-21(22)29(20)23)11-13-28(14-12-26)24(30)18-5-7-19(8-6-18)25(31)16-32-17-25;/h6-11,14,17-18H,5,12-13,15-16H2,1-4H3;2-11,14,17H,12-13,15-16H2,1H3;1-10,31H,11-14,16-17H2;1H. The number of hydrogen-bond acceptors (Lipinski definition) is 14. The second kappa shape index (κ2) is 27.1. The summed E-state index contributed by atoms with van der Waals surface area (Å²) in [6.45, 7) is 5.92. The number of amides is 4. The van der Waals surface area contributed by atoms with E-state index in [0.29, 0.717) is 117 Å². The van der Waals surface area contributed by atoms with Gasteiger partial charge in [0.2, 0.25) is 5.88 Å². The van der Waals surface area contributed by atoms with Gasteiger partial charge in [0, 0.05) is 141 Å². The van der Waals surface area contributed by atoms with E-state index in [2.05, 4.69) is 33.7 Å². The Kier molecular flexibility index (Phi) is 17.7. The number of aryl methyl sites for hydroxylation is 2. The molecule has 4 saturated heterocycles. The number of methoxy groups -OCH3 is 1. The number of benzene rings is 6. The molecule has 17 rings (SSSR count). The van der Waals surface area contributed by atoms with E-state index >= 15 is 0 Å². The third-order valence-corrected chi connectivity index (χ3v) is 21.0. The molecule has 0 unspecified atom stereocenters. The zero-order valence-electron chi connectivity index (χ0n) is 57.9. The first kappa shape index (κ1) is 67.3. The molecule has 6 aromatic carbocycles. The number of hydrogen-bond donors (Lipinski definition) is 1. The van der Waals surface area contributed by atoms with E-state index in [1.807, 2.05) is 142 Å². The highest BCUT2D eigenvalue weighted by molar-refractivity contribution is 5.97. The van der Waals surface area contributed by atoms with Crippen molar-refractivity contribution in [2.24, 2.45) is 7.05 Å². The Morgan fingerprint density at radius 3 is 1.94 bits per heavy atom. The Morgan fingerprint density at radius 1 is 0.650 bits per heavy atom. The van der Waals surface area contributed by atoms with Crippen molar-refractivity contribution >= 4 is 23.6 Å². The van der Waals surface area contributed by atoms with Crippen molar-refractivity contribution in [3.63, 3.8) is 0 Å². The summed E-state index contributed by atoms with van der Waals surface area (Å²) < 4.78 is 55.5. The van der Waals surface area contributed by atoms with Crippen molar-refractivity contribution < 1.29 is 58.5 Å². The molecule has 1 N–H and O–H groups in total. The second-order valence-electron chi connectivity index (χ2n) is 27.3. The number of pyridine rings is 1. The highest BCUT2D eigenvalue weighted by Crippen LogP contribution is 2.51. The zero-order chi connectivity index (χ0) is 71.4.